The monoisotopic (exact) mass is 386 g/mol. The van der Waals surface area contributed by atoms with Gasteiger partial charge < -0.3 is 19.9 Å². The highest BCUT2D eigenvalue weighted by Crippen LogP contribution is 2.37. The molecule has 2 fully saturated rings. The number of aromatic nitrogens is 2. The molecule has 2 aliphatic rings. The third-order valence-corrected chi connectivity index (χ3v) is 5.88. The van der Waals surface area contributed by atoms with Crippen molar-refractivity contribution < 1.29 is 13.9 Å². The van der Waals surface area contributed by atoms with Gasteiger partial charge in [0.1, 0.15) is 11.8 Å². The Morgan fingerprint density at radius 2 is 2.36 bits per heavy atom. The number of amides is 1. The van der Waals surface area contributed by atoms with Gasteiger partial charge in [0.05, 0.1) is 12.1 Å². The Balaban J connectivity index is 1.62. The molecular weight excluding hydrogens is 359 g/mol. The van der Waals surface area contributed by atoms with E-state index in [-0.39, 0.29) is 12.0 Å². The largest absolute Gasteiger partial charge is 0.378 e. The van der Waals surface area contributed by atoms with Crippen LogP contribution in [0, 0.1) is 0 Å². The number of nitrogens with one attached hydrogen (secondary N) is 2. The van der Waals surface area contributed by atoms with E-state index in [1.54, 1.807) is 11.1 Å². The van der Waals surface area contributed by atoms with Gasteiger partial charge in [0.2, 0.25) is 5.91 Å². The van der Waals surface area contributed by atoms with Crippen LogP contribution in [0.5, 0.6) is 0 Å². The van der Waals surface area contributed by atoms with Gasteiger partial charge in [-0.25, -0.2) is 9.37 Å². The minimum Gasteiger partial charge on any atom is -0.378 e. The fraction of sp³-hybridized carbons (Fsp3) is 0.524. The van der Waals surface area contributed by atoms with Crippen molar-refractivity contribution in [2.45, 2.75) is 50.4 Å². The number of likely N-dealkylation sites (tertiary alicyclic amines) is 1. The van der Waals surface area contributed by atoms with Gasteiger partial charge >= 0.3 is 0 Å². The third kappa shape index (κ3) is 3.63. The summed E-state index contributed by atoms with van der Waals surface area (Å²) in [6.45, 7) is 7.13. The predicted octanol–water partition coefficient (Wildman–Crippen LogP) is 3.38. The molecule has 4 rings (SSSR count). The van der Waals surface area contributed by atoms with Crippen molar-refractivity contribution in [3.05, 3.63) is 36.7 Å². The molecule has 0 bridgehead atoms. The third-order valence-electron chi connectivity index (χ3n) is 5.88. The standard InChI is InChI=1S/C21H27FN4O2/c1-3-19(27)26-8-5-16(22)18(12-26)25-17-4-7-23-21-20(17)15(11-24-21)14-6-9-28-13(2)10-14/h3-4,7,11,13-14,16,18H,1,5-6,8-10,12H2,2H3,(H2,23,24,25)/t13?,14?,16-,18+/m1/s1. The highest BCUT2D eigenvalue weighted by atomic mass is 19.1. The zero-order valence-corrected chi connectivity index (χ0v) is 16.2. The van der Waals surface area contributed by atoms with E-state index in [2.05, 4.69) is 28.8 Å². The van der Waals surface area contributed by atoms with Gasteiger partial charge in [0.25, 0.3) is 0 Å². The Morgan fingerprint density at radius 1 is 1.50 bits per heavy atom. The number of piperidine rings is 1. The maximum atomic E-state index is 14.6. The zero-order valence-electron chi connectivity index (χ0n) is 16.2. The van der Waals surface area contributed by atoms with Gasteiger partial charge in [-0.2, -0.15) is 0 Å². The molecule has 2 aromatic rings. The van der Waals surface area contributed by atoms with Crippen LogP contribution in [0.2, 0.25) is 0 Å². The fourth-order valence-electron chi connectivity index (χ4n) is 4.39. The number of halogens is 1. The van der Waals surface area contributed by atoms with Gasteiger partial charge in [-0.05, 0) is 49.8 Å². The molecule has 4 atom stereocenters. The minimum absolute atomic E-state index is 0.155. The Morgan fingerprint density at radius 3 is 3.14 bits per heavy atom. The number of nitrogens with zero attached hydrogens (tertiary/aromatic N) is 2. The molecule has 28 heavy (non-hydrogen) atoms. The number of H-pyrrole nitrogens is 1. The lowest BCUT2D eigenvalue weighted by Gasteiger charge is -2.35. The van der Waals surface area contributed by atoms with E-state index in [9.17, 15) is 9.18 Å². The first kappa shape index (κ1) is 18.9. The minimum atomic E-state index is -1.01. The van der Waals surface area contributed by atoms with Gasteiger partial charge in [-0.3, -0.25) is 4.79 Å². The number of carbonyl (C=O) groups is 1. The molecule has 4 heterocycles. The molecule has 2 aromatic heterocycles. The Hall–Kier alpha value is -2.41. The number of hydrogen-bond donors (Lipinski definition) is 2. The smallest absolute Gasteiger partial charge is 0.246 e. The zero-order chi connectivity index (χ0) is 19.7. The van der Waals surface area contributed by atoms with Crippen molar-refractivity contribution in [1.82, 2.24) is 14.9 Å². The maximum Gasteiger partial charge on any atom is 0.246 e. The average molecular weight is 386 g/mol. The molecule has 6 nitrogen and oxygen atoms in total. The van der Waals surface area contributed by atoms with Crippen LogP contribution < -0.4 is 5.32 Å². The summed E-state index contributed by atoms with van der Waals surface area (Å²) in [4.78, 5) is 21.3. The van der Waals surface area contributed by atoms with Crippen molar-refractivity contribution in [3.63, 3.8) is 0 Å². The maximum absolute atomic E-state index is 14.6. The number of anilines is 1. The molecule has 0 aliphatic carbocycles. The van der Waals surface area contributed by atoms with Gasteiger partial charge in [0, 0.05) is 43.2 Å². The summed E-state index contributed by atoms with van der Waals surface area (Å²) >= 11 is 0. The van der Waals surface area contributed by atoms with Crippen LogP contribution >= 0.6 is 0 Å². The number of rotatable bonds is 4. The summed E-state index contributed by atoms with van der Waals surface area (Å²) in [6.07, 6.45) is 6.49. The molecule has 1 amide bonds. The van der Waals surface area contributed by atoms with Crippen LogP contribution in [0.15, 0.2) is 31.1 Å². The molecular formula is C21H27FN4O2. The average Bonchev–Trinajstić information content (AvgIpc) is 3.14. The quantitative estimate of drug-likeness (QED) is 0.791. The summed E-state index contributed by atoms with van der Waals surface area (Å²) in [5.74, 6) is 0.228. The van der Waals surface area contributed by atoms with Crippen molar-refractivity contribution in [1.29, 1.82) is 0 Å². The van der Waals surface area contributed by atoms with E-state index >= 15 is 0 Å². The molecule has 2 aliphatic heterocycles. The first-order chi connectivity index (χ1) is 13.6. The van der Waals surface area contributed by atoms with E-state index < -0.39 is 12.2 Å². The molecule has 2 unspecified atom stereocenters. The van der Waals surface area contributed by atoms with Gasteiger partial charge in [-0.1, -0.05) is 6.58 Å². The van der Waals surface area contributed by atoms with Crippen LogP contribution in [0.1, 0.15) is 37.7 Å². The number of ether oxygens (including phenoxy) is 1. The number of hydrogen-bond acceptors (Lipinski definition) is 4. The summed E-state index contributed by atoms with van der Waals surface area (Å²) in [6, 6.07) is 1.43. The van der Waals surface area contributed by atoms with Gasteiger partial charge in [-0.15, -0.1) is 0 Å². The highest BCUT2D eigenvalue weighted by molar-refractivity contribution is 5.93. The lowest BCUT2D eigenvalue weighted by Crippen LogP contribution is -2.50. The molecule has 0 radical (unpaired) electrons. The lowest BCUT2D eigenvalue weighted by atomic mass is 9.88. The summed E-state index contributed by atoms with van der Waals surface area (Å²) in [5, 5.41) is 4.38. The van der Waals surface area contributed by atoms with Crippen LogP contribution in [0.25, 0.3) is 11.0 Å². The Kier molecular flexibility index (Phi) is 5.35. The summed E-state index contributed by atoms with van der Waals surface area (Å²) < 4.78 is 20.3. The second-order valence-corrected chi connectivity index (χ2v) is 7.77. The normalized spacial score (nSPS) is 28.3. The van der Waals surface area contributed by atoms with E-state index in [1.165, 1.54) is 11.6 Å². The molecule has 0 spiro atoms. The van der Waals surface area contributed by atoms with Gasteiger partial charge in [0.15, 0.2) is 0 Å². The molecule has 7 heteroatoms. The van der Waals surface area contributed by atoms with E-state index in [4.69, 9.17) is 4.74 Å². The van der Waals surface area contributed by atoms with Crippen molar-refractivity contribution in [3.8, 4) is 0 Å². The topological polar surface area (TPSA) is 70.2 Å². The van der Waals surface area contributed by atoms with E-state index in [0.717, 1.165) is 36.2 Å². The second kappa shape index (κ2) is 7.91. The SMILES string of the molecule is C=CC(=O)N1CC[C@@H](F)[C@@H](Nc2ccnc3[nH]cc(C4CCOC(C)C4)c23)C1. The highest BCUT2D eigenvalue weighted by Gasteiger charge is 2.32. The molecule has 0 saturated carbocycles. The number of aromatic amines is 1. The van der Waals surface area contributed by atoms with Crippen LogP contribution in [0.3, 0.4) is 0 Å². The molecule has 2 saturated heterocycles. The summed E-state index contributed by atoms with van der Waals surface area (Å²) in [7, 11) is 0. The van der Waals surface area contributed by atoms with E-state index in [0.29, 0.717) is 25.4 Å². The second-order valence-electron chi connectivity index (χ2n) is 7.77. The fourth-order valence-corrected chi connectivity index (χ4v) is 4.39. The first-order valence-electron chi connectivity index (χ1n) is 9.96. The van der Waals surface area contributed by atoms with Crippen LogP contribution in [-0.4, -0.2) is 58.8 Å². The molecule has 0 aromatic carbocycles. The van der Waals surface area contributed by atoms with Crippen molar-refractivity contribution in [2.24, 2.45) is 0 Å². The summed E-state index contributed by atoms with van der Waals surface area (Å²) in [5.41, 5.74) is 2.86. The van der Waals surface area contributed by atoms with Crippen molar-refractivity contribution >= 4 is 22.6 Å². The van der Waals surface area contributed by atoms with Crippen LogP contribution in [0.4, 0.5) is 10.1 Å². The molecule has 150 valence electrons. The number of pyridine rings is 1. The first-order valence-corrected chi connectivity index (χ1v) is 9.96. The van der Waals surface area contributed by atoms with E-state index in [1.807, 2.05) is 12.3 Å². The number of fused-ring (bicyclic) bond motifs is 1. The number of alkyl halides is 1. The Labute approximate surface area is 164 Å². The van der Waals surface area contributed by atoms with Crippen molar-refractivity contribution in [2.75, 3.05) is 25.0 Å². The van der Waals surface area contributed by atoms with Crippen LogP contribution in [-0.2, 0) is 9.53 Å². The predicted molar refractivity (Wildman–Crippen MR) is 107 cm³/mol. The lowest BCUT2D eigenvalue weighted by molar-refractivity contribution is -0.127. The number of carbonyl (C=O) groups excluding carboxylic acids is 1. The Bertz CT molecular complexity index is 867. The molecule has 2 N–H and O–H groups in total.